The van der Waals surface area contributed by atoms with E-state index in [4.69, 9.17) is 4.74 Å². The summed E-state index contributed by atoms with van der Waals surface area (Å²) in [5, 5.41) is 9.46. The predicted octanol–water partition coefficient (Wildman–Crippen LogP) is 3.64. The molecule has 0 fully saturated rings. The van der Waals surface area contributed by atoms with Crippen LogP contribution in [0.1, 0.15) is 24.2 Å². The van der Waals surface area contributed by atoms with Gasteiger partial charge in [-0.1, -0.05) is 44.2 Å². The second-order valence-corrected chi connectivity index (χ2v) is 3.22. The van der Waals surface area contributed by atoms with Crippen LogP contribution < -0.4 is 4.74 Å². The Morgan fingerprint density at radius 3 is 2.11 bits per heavy atom. The molecule has 0 unspecified atom stereocenters. The Labute approximate surface area is 107 Å². The van der Waals surface area contributed by atoms with Gasteiger partial charge >= 0.3 is 5.97 Å². The Morgan fingerprint density at radius 1 is 0.944 bits per heavy atom. The Morgan fingerprint density at radius 2 is 1.50 bits per heavy atom. The van der Waals surface area contributed by atoms with E-state index in [0.29, 0.717) is 5.75 Å². The highest BCUT2D eigenvalue weighted by Gasteiger charge is 2.12. The normalized spacial score (nSPS) is 9.00. The van der Waals surface area contributed by atoms with Crippen molar-refractivity contribution < 1.29 is 14.6 Å². The second-order valence-electron chi connectivity index (χ2n) is 3.22. The smallest absolute Gasteiger partial charge is 0.347 e. The van der Waals surface area contributed by atoms with E-state index in [1.165, 1.54) is 12.1 Å². The summed E-state index contributed by atoms with van der Waals surface area (Å²) in [6, 6.07) is 15.0. The molecule has 2 aromatic carbocycles. The molecule has 0 atom stereocenters. The van der Waals surface area contributed by atoms with E-state index in [1.54, 1.807) is 36.4 Å². The minimum Gasteiger partial charge on any atom is -0.507 e. The van der Waals surface area contributed by atoms with Crippen molar-refractivity contribution in [2.45, 2.75) is 13.8 Å². The first-order chi connectivity index (χ1) is 8.77. The largest absolute Gasteiger partial charge is 0.507 e. The molecule has 0 aliphatic carbocycles. The highest BCUT2D eigenvalue weighted by atomic mass is 16.5. The molecular weight excluding hydrogens is 228 g/mol. The van der Waals surface area contributed by atoms with Crippen molar-refractivity contribution in [2.75, 3.05) is 0 Å². The number of phenolic OH excluding ortho intramolecular Hbond substituents is 1. The molecule has 0 radical (unpaired) electrons. The van der Waals surface area contributed by atoms with Crippen molar-refractivity contribution in [3.05, 3.63) is 60.2 Å². The highest BCUT2D eigenvalue weighted by Crippen LogP contribution is 2.18. The van der Waals surface area contributed by atoms with Gasteiger partial charge in [-0.25, -0.2) is 4.79 Å². The molecule has 0 saturated heterocycles. The number of aromatic hydroxyl groups is 1. The van der Waals surface area contributed by atoms with Gasteiger partial charge < -0.3 is 9.84 Å². The summed E-state index contributed by atoms with van der Waals surface area (Å²) >= 11 is 0. The van der Waals surface area contributed by atoms with Crippen LogP contribution in [0.25, 0.3) is 0 Å². The molecule has 3 heteroatoms. The number of rotatable bonds is 2. The van der Waals surface area contributed by atoms with Gasteiger partial charge in [0, 0.05) is 0 Å². The van der Waals surface area contributed by atoms with Crippen molar-refractivity contribution in [2.24, 2.45) is 0 Å². The van der Waals surface area contributed by atoms with Crippen molar-refractivity contribution in [1.82, 2.24) is 0 Å². The number of carbonyl (C=O) groups is 1. The first kappa shape index (κ1) is 13.8. The van der Waals surface area contributed by atoms with Crippen LogP contribution in [0.5, 0.6) is 11.5 Å². The first-order valence-corrected chi connectivity index (χ1v) is 5.82. The second kappa shape index (κ2) is 7.12. The summed E-state index contributed by atoms with van der Waals surface area (Å²) in [5.41, 5.74) is 0.159. The molecule has 94 valence electrons. The molecule has 2 aromatic rings. The summed E-state index contributed by atoms with van der Waals surface area (Å²) in [6.07, 6.45) is 0. The maximum Gasteiger partial charge on any atom is 0.347 e. The standard InChI is InChI=1S/C13H10O3.C2H6/c14-12-9-5-4-8-11(12)13(15)16-10-6-2-1-3-7-10;1-2/h1-9,14H;1-2H3. The van der Waals surface area contributed by atoms with Gasteiger partial charge in [-0.2, -0.15) is 0 Å². The number of benzene rings is 2. The van der Waals surface area contributed by atoms with Crippen LogP contribution in [0.15, 0.2) is 54.6 Å². The molecule has 0 aromatic heterocycles. The van der Waals surface area contributed by atoms with Crippen LogP contribution in [0.3, 0.4) is 0 Å². The van der Waals surface area contributed by atoms with Gasteiger partial charge in [-0.05, 0) is 24.3 Å². The maximum atomic E-state index is 11.7. The number of hydrogen-bond donors (Lipinski definition) is 1. The van der Waals surface area contributed by atoms with Crippen LogP contribution in [0, 0.1) is 0 Å². The van der Waals surface area contributed by atoms with E-state index in [9.17, 15) is 9.90 Å². The number of carbonyl (C=O) groups excluding carboxylic acids is 1. The van der Waals surface area contributed by atoms with Crippen molar-refractivity contribution in [3.8, 4) is 11.5 Å². The zero-order valence-corrected chi connectivity index (χ0v) is 10.5. The Bertz CT molecular complexity index is 492. The lowest BCUT2D eigenvalue weighted by Crippen LogP contribution is -2.08. The van der Waals surface area contributed by atoms with Gasteiger partial charge in [0.1, 0.15) is 17.1 Å². The van der Waals surface area contributed by atoms with E-state index in [-0.39, 0.29) is 11.3 Å². The summed E-state index contributed by atoms with van der Waals surface area (Å²) < 4.78 is 5.08. The summed E-state index contributed by atoms with van der Waals surface area (Å²) in [7, 11) is 0. The number of para-hydroxylation sites is 2. The molecule has 0 aliphatic heterocycles. The molecule has 0 spiro atoms. The van der Waals surface area contributed by atoms with E-state index in [1.807, 2.05) is 19.9 Å². The van der Waals surface area contributed by atoms with Gasteiger partial charge in [0.25, 0.3) is 0 Å². The van der Waals surface area contributed by atoms with Crippen molar-refractivity contribution >= 4 is 5.97 Å². The van der Waals surface area contributed by atoms with Crippen LogP contribution in [0.4, 0.5) is 0 Å². The first-order valence-electron chi connectivity index (χ1n) is 5.82. The van der Waals surface area contributed by atoms with Crippen LogP contribution in [-0.4, -0.2) is 11.1 Å². The quantitative estimate of drug-likeness (QED) is 0.648. The SMILES string of the molecule is CC.O=C(Oc1ccccc1)c1ccccc1O. The average Bonchev–Trinajstić information content (AvgIpc) is 2.42. The number of esters is 1. The lowest BCUT2D eigenvalue weighted by Gasteiger charge is -2.04. The summed E-state index contributed by atoms with van der Waals surface area (Å²) in [4.78, 5) is 11.7. The van der Waals surface area contributed by atoms with Gasteiger partial charge in [0.2, 0.25) is 0 Å². The van der Waals surface area contributed by atoms with Crippen molar-refractivity contribution in [1.29, 1.82) is 0 Å². The molecule has 0 aliphatic rings. The highest BCUT2D eigenvalue weighted by molar-refractivity contribution is 5.93. The molecule has 0 saturated carbocycles. The van der Waals surface area contributed by atoms with Crippen LogP contribution in [0.2, 0.25) is 0 Å². The van der Waals surface area contributed by atoms with Crippen molar-refractivity contribution in [3.63, 3.8) is 0 Å². The van der Waals surface area contributed by atoms with Gasteiger partial charge in [0.05, 0.1) is 0 Å². The molecule has 0 heterocycles. The molecule has 0 bridgehead atoms. The monoisotopic (exact) mass is 244 g/mol. The van der Waals surface area contributed by atoms with E-state index < -0.39 is 5.97 Å². The Hall–Kier alpha value is -2.29. The van der Waals surface area contributed by atoms with E-state index in [2.05, 4.69) is 0 Å². The fourth-order valence-electron chi connectivity index (χ4n) is 1.30. The number of phenols is 1. The number of ether oxygens (including phenoxy) is 1. The zero-order valence-electron chi connectivity index (χ0n) is 10.5. The lowest BCUT2D eigenvalue weighted by atomic mass is 10.2. The van der Waals surface area contributed by atoms with E-state index >= 15 is 0 Å². The van der Waals surface area contributed by atoms with Crippen LogP contribution >= 0.6 is 0 Å². The maximum absolute atomic E-state index is 11.7. The predicted molar refractivity (Wildman–Crippen MR) is 70.9 cm³/mol. The molecule has 0 amide bonds. The zero-order chi connectivity index (χ0) is 13.4. The van der Waals surface area contributed by atoms with Gasteiger partial charge in [0.15, 0.2) is 0 Å². The summed E-state index contributed by atoms with van der Waals surface area (Å²) in [6.45, 7) is 4.00. The van der Waals surface area contributed by atoms with Gasteiger partial charge in [-0.15, -0.1) is 0 Å². The Kier molecular flexibility index (Phi) is 5.45. The minimum atomic E-state index is -0.565. The molecule has 1 N–H and O–H groups in total. The molecular formula is C15H16O3. The third-order valence-corrected chi connectivity index (χ3v) is 2.08. The number of hydrogen-bond acceptors (Lipinski definition) is 3. The molecule has 3 nitrogen and oxygen atoms in total. The minimum absolute atomic E-state index is 0.0802. The third kappa shape index (κ3) is 3.63. The topological polar surface area (TPSA) is 46.5 Å². The Balaban J connectivity index is 0.000000771. The fraction of sp³-hybridized carbons (Fsp3) is 0.133. The fourth-order valence-corrected chi connectivity index (χ4v) is 1.30. The third-order valence-electron chi connectivity index (χ3n) is 2.08. The molecule has 18 heavy (non-hydrogen) atoms. The average molecular weight is 244 g/mol. The van der Waals surface area contributed by atoms with Gasteiger partial charge in [-0.3, -0.25) is 0 Å². The summed E-state index contributed by atoms with van der Waals surface area (Å²) in [5.74, 6) is -0.191. The lowest BCUT2D eigenvalue weighted by molar-refractivity contribution is 0.0731. The molecule has 2 rings (SSSR count). The van der Waals surface area contributed by atoms with E-state index in [0.717, 1.165) is 0 Å². The van der Waals surface area contributed by atoms with Crippen LogP contribution in [-0.2, 0) is 0 Å².